The smallest absolute Gasteiger partial charge is 0.269 e. The second-order valence-electron chi connectivity index (χ2n) is 5.44. The van der Waals surface area contributed by atoms with Gasteiger partial charge in [-0.25, -0.2) is 0 Å². The predicted molar refractivity (Wildman–Crippen MR) is 79.8 cm³/mol. The van der Waals surface area contributed by atoms with Crippen molar-refractivity contribution >= 4 is 5.69 Å². The fourth-order valence-electron chi connectivity index (χ4n) is 3.04. The number of benzene rings is 1. The van der Waals surface area contributed by atoms with Crippen LogP contribution < -0.4 is 5.32 Å². The molecule has 20 heavy (non-hydrogen) atoms. The summed E-state index contributed by atoms with van der Waals surface area (Å²) in [5, 5.41) is 14.3. The predicted octanol–water partition coefficient (Wildman–Crippen LogP) is 2.73. The quantitative estimate of drug-likeness (QED) is 0.664. The third-order valence-corrected chi connectivity index (χ3v) is 4.19. The first kappa shape index (κ1) is 14.9. The maximum atomic E-state index is 10.9. The fourth-order valence-corrected chi connectivity index (χ4v) is 3.04. The Balaban J connectivity index is 2.18. The zero-order chi connectivity index (χ0) is 14.5. The van der Waals surface area contributed by atoms with E-state index in [9.17, 15) is 10.1 Å². The zero-order valence-electron chi connectivity index (χ0n) is 12.2. The van der Waals surface area contributed by atoms with Gasteiger partial charge >= 0.3 is 0 Å². The first-order valence-corrected chi connectivity index (χ1v) is 7.30. The van der Waals surface area contributed by atoms with Crippen LogP contribution in [-0.2, 0) is 0 Å². The van der Waals surface area contributed by atoms with E-state index in [1.165, 1.54) is 12.8 Å². The van der Waals surface area contributed by atoms with E-state index < -0.39 is 0 Å². The molecule has 2 atom stereocenters. The SMILES string of the molecule is CCC(c1cccc([N+](=O)[O-])c1)N(C)C1CCCNC1. The van der Waals surface area contributed by atoms with Gasteiger partial charge in [0, 0.05) is 30.8 Å². The van der Waals surface area contributed by atoms with Crippen molar-refractivity contribution in [1.29, 1.82) is 0 Å². The van der Waals surface area contributed by atoms with Crippen LogP contribution in [0.4, 0.5) is 5.69 Å². The van der Waals surface area contributed by atoms with Gasteiger partial charge in [-0.05, 0) is 38.4 Å². The minimum atomic E-state index is -0.321. The second kappa shape index (κ2) is 6.81. The average molecular weight is 277 g/mol. The summed E-state index contributed by atoms with van der Waals surface area (Å²) in [4.78, 5) is 13.0. The van der Waals surface area contributed by atoms with E-state index in [0.29, 0.717) is 6.04 Å². The van der Waals surface area contributed by atoms with Crippen molar-refractivity contribution in [3.05, 3.63) is 39.9 Å². The number of likely N-dealkylation sites (N-methyl/N-ethyl adjacent to an activating group) is 1. The summed E-state index contributed by atoms with van der Waals surface area (Å²) < 4.78 is 0. The van der Waals surface area contributed by atoms with Gasteiger partial charge in [0.1, 0.15) is 0 Å². The summed E-state index contributed by atoms with van der Waals surface area (Å²) in [7, 11) is 2.13. The molecule has 5 heteroatoms. The van der Waals surface area contributed by atoms with E-state index in [-0.39, 0.29) is 16.7 Å². The van der Waals surface area contributed by atoms with Gasteiger partial charge in [0.25, 0.3) is 5.69 Å². The largest absolute Gasteiger partial charge is 0.315 e. The lowest BCUT2D eigenvalue weighted by molar-refractivity contribution is -0.385. The summed E-state index contributed by atoms with van der Waals surface area (Å²) >= 11 is 0. The topological polar surface area (TPSA) is 58.4 Å². The first-order chi connectivity index (χ1) is 9.63. The van der Waals surface area contributed by atoms with E-state index in [1.54, 1.807) is 18.2 Å². The second-order valence-corrected chi connectivity index (χ2v) is 5.44. The molecule has 1 aromatic carbocycles. The molecule has 1 aromatic rings. The molecule has 0 saturated carbocycles. The summed E-state index contributed by atoms with van der Waals surface area (Å²) in [6.45, 7) is 4.23. The van der Waals surface area contributed by atoms with E-state index in [2.05, 4.69) is 24.2 Å². The Morgan fingerprint density at radius 3 is 2.95 bits per heavy atom. The minimum absolute atomic E-state index is 0.177. The van der Waals surface area contributed by atoms with Crippen molar-refractivity contribution in [3.63, 3.8) is 0 Å². The molecule has 1 fully saturated rings. The van der Waals surface area contributed by atoms with Gasteiger partial charge in [0.05, 0.1) is 4.92 Å². The molecule has 110 valence electrons. The highest BCUT2D eigenvalue weighted by Crippen LogP contribution is 2.28. The van der Waals surface area contributed by atoms with Crippen LogP contribution in [0.25, 0.3) is 0 Å². The average Bonchev–Trinajstić information content (AvgIpc) is 2.49. The number of non-ortho nitro benzene ring substituents is 1. The molecule has 1 heterocycles. The van der Waals surface area contributed by atoms with Crippen LogP contribution in [-0.4, -0.2) is 36.0 Å². The number of hydrogen-bond acceptors (Lipinski definition) is 4. The van der Waals surface area contributed by atoms with Crippen LogP contribution in [0.1, 0.15) is 37.8 Å². The summed E-state index contributed by atoms with van der Waals surface area (Å²) in [5.74, 6) is 0. The molecule has 0 amide bonds. The molecule has 0 radical (unpaired) electrons. The Bertz CT molecular complexity index is 458. The monoisotopic (exact) mass is 277 g/mol. The standard InChI is InChI=1S/C15H23N3O2/c1-3-15(17(2)14-8-5-9-16-11-14)12-6-4-7-13(10-12)18(19)20/h4,6-7,10,14-16H,3,5,8-9,11H2,1-2H3. The summed E-state index contributed by atoms with van der Waals surface area (Å²) in [6.07, 6.45) is 3.34. The van der Waals surface area contributed by atoms with Crippen molar-refractivity contribution in [3.8, 4) is 0 Å². The number of nitrogens with one attached hydrogen (secondary N) is 1. The number of nitro benzene ring substituents is 1. The molecule has 2 rings (SSSR count). The molecular formula is C15H23N3O2. The van der Waals surface area contributed by atoms with Crippen LogP contribution in [0.2, 0.25) is 0 Å². The normalized spacial score (nSPS) is 20.9. The molecule has 1 aliphatic heterocycles. The molecule has 1 saturated heterocycles. The van der Waals surface area contributed by atoms with Crippen LogP contribution in [0.3, 0.4) is 0 Å². The van der Waals surface area contributed by atoms with Crippen molar-refractivity contribution < 1.29 is 4.92 Å². The summed E-state index contributed by atoms with van der Waals surface area (Å²) in [6, 6.07) is 7.78. The highest BCUT2D eigenvalue weighted by atomic mass is 16.6. The van der Waals surface area contributed by atoms with Gasteiger partial charge in [-0.15, -0.1) is 0 Å². The fraction of sp³-hybridized carbons (Fsp3) is 0.600. The van der Waals surface area contributed by atoms with E-state index in [1.807, 2.05) is 6.07 Å². The van der Waals surface area contributed by atoms with Gasteiger partial charge in [0.15, 0.2) is 0 Å². The molecule has 0 aromatic heterocycles. The molecule has 0 bridgehead atoms. The lowest BCUT2D eigenvalue weighted by Crippen LogP contribution is -2.45. The molecular weight excluding hydrogens is 254 g/mol. The number of rotatable bonds is 5. The van der Waals surface area contributed by atoms with Gasteiger partial charge in [0.2, 0.25) is 0 Å². The Morgan fingerprint density at radius 1 is 1.55 bits per heavy atom. The molecule has 0 spiro atoms. The molecule has 0 aliphatic carbocycles. The van der Waals surface area contributed by atoms with Crippen molar-refractivity contribution in [1.82, 2.24) is 10.2 Å². The Hall–Kier alpha value is -1.46. The first-order valence-electron chi connectivity index (χ1n) is 7.30. The molecule has 2 unspecified atom stereocenters. The van der Waals surface area contributed by atoms with Gasteiger partial charge < -0.3 is 5.32 Å². The number of hydrogen-bond donors (Lipinski definition) is 1. The molecule has 1 N–H and O–H groups in total. The number of piperidine rings is 1. The highest BCUT2D eigenvalue weighted by Gasteiger charge is 2.25. The van der Waals surface area contributed by atoms with Crippen LogP contribution >= 0.6 is 0 Å². The van der Waals surface area contributed by atoms with Crippen molar-refractivity contribution in [2.24, 2.45) is 0 Å². The highest BCUT2D eigenvalue weighted by molar-refractivity contribution is 5.35. The molecule has 5 nitrogen and oxygen atoms in total. The summed E-state index contributed by atoms with van der Waals surface area (Å²) in [5.41, 5.74) is 1.21. The van der Waals surface area contributed by atoms with Crippen molar-refractivity contribution in [2.75, 3.05) is 20.1 Å². The zero-order valence-corrected chi connectivity index (χ0v) is 12.2. The Morgan fingerprint density at radius 2 is 2.35 bits per heavy atom. The van der Waals surface area contributed by atoms with Gasteiger partial charge in [-0.3, -0.25) is 15.0 Å². The van der Waals surface area contributed by atoms with Crippen LogP contribution in [0, 0.1) is 10.1 Å². The van der Waals surface area contributed by atoms with Crippen LogP contribution in [0.15, 0.2) is 24.3 Å². The Labute approximate surface area is 120 Å². The van der Waals surface area contributed by atoms with Gasteiger partial charge in [-0.2, -0.15) is 0 Å². The number of nitrogens with zero attached hydrogens (tertiary/aromatic N) is 2. The van der Waals surface area contributed by atoms with Crippen molar-refractivity contribution in [2.45, 2.75) is 38.3 Å². The molecule has 1 aliphatic rings. The number of nitro groups is 1. The third-order valence-electron chi connectivity index (χ3n) is 4.19. The lowest BCUT2D eigenvalue weighted by Gasteiger charge is -2.37. The third kappa shape index (κ3) is 3.35. The van der Waals surface area contributed by atoms with Crippen LogP contribution in [0.5, 0.6) is 0 Å². The minimum Gasteiger partial charge on any atom is -0.315 e. The van der Waals surface area contributed by atoms with E-state index >= 15 is 0 Å². The van der Waals surface area contributed by atoms with E-state index in [0.717, 1.165) is 25.1 Å². The van der Waals surface area contributed by atoms with Gasteiger partial charge in [-0.1, -0.05) is 19.1 Å². The maximum Gasteiger partial charge on any atom is 0.269 e. The maximum absolute atomic E-state index is 10.9. The lowest BCUT2D eigenvalue weighted by atomic mass is 9.98. The van der Waals surface area contributed by atoms with E-state index in [4.69, 9.17) is 0 Å². The Kier molecular flexibility index (Phi) is 5.09.